The first-order valence-electron chi connectivity index (χ1n) is 6.79. The van der Waals surface area contributed by atoms with Crippen LogP contribution in [0, 0.1) is 5.92 Å². The molecule has 0 unspecified atom stereocenters. The van der Waals surface area contributed by atoms with E-state index in [-0.39, 0.29) is 12.5 Å². The minimum absolute atomic E-state index is 0.000818. The van der Waals surface area contributed by atoms with Gasteiger partial charge in [-0.25, -0.2) is 0 Å². The minimum Gasteiger partial charge on any atom is -0.372 e. The van der Waals surface area contributed by atoms with Crippen molar-refractivity contribution in [2.75, 3.05) is 39.4 Å². The summed E-state index contributed by atoms with van der Waals surface area (Å²) in [6, 6.07) is 0. The summed E-state index contributed by atoms with van der Waals surface area (Å²) in [7, 11) is 0. The van der Waals surface area contributed by atoms with Crippen molar-refractivity contribution in [1.82, 2.24) is 10.2 Å². The fourth-order valence-corrected chi connectivity index (χ4v) is 2.06. The number of nitrogens with one attached hydrogen (secondary N) is 1. The molecule has 1 amide bonds. The zero-order valence-corrected chi connectivity index (χ0v) is 11.2. The molecule has 1 N–H and O–H groups in total. The Morgan fingerprint density at radius 3 is 2.76 bits per heavy atom. The van der Waals surface area contributed by atoms with Crippen LogP contribution in [0.4, 0.5) is 0 Å². The van der Waals surface area contributed by atoms with E-state index in [4.69, 9.17) is 4.74 Å². The molecule has 0 aliphatic carbocycles. The second-order valence-electron chi connectivity index (χ2n) is 4.86. The molecule has 0 radical (unpaired) electrons. The van der Waals surface area contributed by atoms with Crippen molar-refractivity contribution in [3.8, 4) is 0 Å². The van der Waals surface area contributed by atoms with E-state index in [1.54, 1.807) is 0 Å². The summed E-state index contributed by atoms with van der Waals surface area (Å²) in [6.45, 7) is 9.30. The van der Waals surface area contributed by atoms with Gasteiger partial charge in [-0.05, 0) is 51.7 Å². The predicted octanol–water partition coefficient (Wildman–Crippen LogP) is 1.26. The average Bonchev–Trinajstić information content (AvgIpc) is 2.34. The first-order valence-corrected chi connectivity index (χ1v) is 6.79. The van der Waals surface area contributed by atoms with E-state index in [1.165, 1.54) is 25.9 Å². The molecule has 17 heavy (non-hydrogen) atoms. The lowest BCUT2D eigenvalue weighted by molar-refractivity contribution is -0.125. The molecule has 4 heteroatoms. The molecule has 1 aliphatic heterocycles. The van der Waals surface area contributed by atoms with Gasteiger partial charge in [-0.2, -0.15) is 0 Å². The number of carbonyl (C=O) groups excluding carboxylic acids is 1. The summed E-state index contributed by atoms with van der Waals surface area (Å²) in [5, 5.41) is 2.88. The fourth-order valence-electron chi connectivity index (χ4n) is 2.06. The van der Waals surface area contributed by atoms with Gasteiger partial charge in [0.25, 0.3) is 0 Å². The maximum Gasteiger partial charge on any atom is 0.245 e. The van der Waals surface area contributed by atoms with Gasteiger partial charge in [-0.15, -0.1) is 0 Å². The maximum atomic E-state index is 11.2. The number of likely N-dealkylation sites (tertiary alicyclic amines) is 1. The van der Waals surface area contributed by atoms with Gasteiger partial charge in [-0.3, -0.25) is 4.79 Å². The summed E-state index contributed by atoms with van der Waals surface area (Å²) in [5.74, 6) is 0.885. The number of amides is 1. The van der Waals surface area contributed by atoms with Gasteiger partial charge in [0.05, 0.1) is 0 Å². The molecule has 0 aromatic rings. The van der Waals surface area contributed by atoms with Crippen LogP contribution in [-0.4, -0.2) is 50.2 Å². The molecule has 1 fully saturated rings. The van der Waals surface area contributed by atoms with E-state index in [0.29, 0.717) is 6.61 Å². The largest absolute Gasteiger partial charge is 0.372 e. The number of hydrogen-bond donors (Lipinski definition) is 1. The lowest BCUT2D eigenvalue weighted by atomic mass is 9.99. The Morgan fingerprint density at radius 1 is 1.41 bits per heavy atom. The zero-order valence-electron chi connectivity index (χ0n) is 11.2. The molecule has 0 spiro atoms. The Kier molecular flexibility index (Phi) is 7.21. The molecule has 1 aliphatic rings. The smallest absolute Gasteiger partial charge is 0.245 e. The Hall–Kier alpha value is -0.610. The van der Waals surface area contributed by atoms with Crippen LogP contribution in [0.3, 0.4) is 0 Å². The van der Waals surface area contributed by atoms with Crippen LogP contribution in [0.5, 0.6) is 0 Å². The van der Waals surface area contributed by atoms with Gasteiger partial charge in [-0.1, -0.05) is 6.92 Å². The lowest BCUT2D eigenvalue weighted by Gasteiger charge is -2.30. The third-order valence-electron chi connectivity index (χ3n) is 3.29. The topological polar surface area (TPSA) is 41.6 Å². The molecule has 1 saturated heterocycles. The quantitative estimate of drug-likeness (QED) is 0.683. The van der Waals surface area contributed by atoms with Gasteiger partial charge >= 0.3 is 0 Å². The number of ether oxygens (including phenoxy) is 1. The van der Waals surface area contributed by atoms with E-state index in [0.717, 1.165) is 25.4 Å². The first-order chi connectivity index (χ1) is 8.22. The molecule has 100 valence electrons. The van der Waals surface area contributed by atoms with Crippen LogP contribution in [0.25, 0.3) is 0 Å². The van der Waals surface area contributed by atoms with Gasteiger partial charge in [0.1, 0.15) is 6.61 Å². The lowest BCUT2D eigenvalue weighted by Crippen LogP contribution is -2.36. The standard InChI is InChI=1S/C13H26N2O2/c1-3-17-11-13(16)14-7-4-8-15-9-5-12(2)6-10-15/h12H,3-11H2,1-2H3,(H,14,16). The second-order valence-corrected chi connectivity index (χ2v) is 4.86. The molecule has 0 saturated carbocycles. The summed E-state index contributed by atoms with van der Waals surface area (Å²) < 4.78 is 5.03. The molecule has 1 heterocycles. The fraction of sp³-hybridized carbons (Fsp3) is 0.923. The van der Waals surface area contributed by atoms with Gasteiger partial charge < -0.3 is 15.0 Å². The molecule has 1 rings (SSSR count). The van der Waals surface area contributed by atoms with Crippen LogP contribution in [-0.2, 0) is 9.53 Å². The van der Waals surface area contributed by atoms with Crippen molar-refractivity contribution in [1.29, 1.82) is 0 Å². The second kappa shape index (κ2) is 8.48. The highest BCUT2D eigenvalue weighted by Crippen LogP contribution is 2.15. The normalized spacial score (nSPS) is 18.2. The molecule has 0 bridgehead atoms. The molecule has 0 atom stereocenters. The van der Waals surface area contributed by atoms with Crippen molar-refractivity contribution >= 4 is 5.91 Å². The van der Waals surface area contributed by atoms with Crippen LogP contribution in [0.1, 0.15) is 33.1 Å². The molecular weight excluding hydrogens is 216 g/mol. The summed E-state index contributed by atoms with van der Waals surface area (Å²) in [4.78, 5) is 13.7. The van der Waals surface area contributed by atoms with Crippen molar-refractivity contribution in [3.05, 3.63) is 0 Å². The van der Waals surface area contributed by atoms with Crippen LogP contribution >= 0.6 is 0 Å². The minimum atomic E-state index is -0.000818. The van der Waals surface area contributed by atoms with Crippen molar-refractivity contribution in [3.63, 3.8) is 0 Å². The van der Waals surface area contributed by atoms with Crippen LogP contribution < -0.4 is 5.32 Å². The highest BCUT2D eigenvalue weighted by Gasteiger charge is 2.14. The van der Waals surface area contributed by atoms with Gasteiger partial charge in [0, 0.05) is 13.2 Å². The van der Waals surface area contributed by atoms with E-state index in [1.807, 2.05) is 6.92 Å². The van der Waals surface area contributed by atoms with E-state index in [2.05, 4.69) is 17.1 Å². The van der Waals surface area contributed by atoms with Crippen molar-refractivity contribution < 1.29 is 9.53 Å². The number of hydrogen-bond acceptors (Lipinski definition) is 3. The van der Waals surface area contributed by atoms with Crippen molar-refractivity contribution in [2.24, 2.45) is 5.92 Å². The Balaban J connectivity index is 1.95. The van der Waals surface area contributed by atoms with Crippen LogP contribution in [0.15, 0.2) is 0 Å². The van der Waals surface area contributed by atoms with Crippen LogP contribution in [0.2, 0.25) is 0 Å². The summed E-state index contributed by atoms with van der Waals surface area (Å²) in [5.41, 5.74) is 0. The average molecular weight is 242 g/mol. The Bertz CT molecular complexity index is 213. The summed E-state index contributed by atoms with van der Waals surface area (Å²) >= 11 is 0. The first kappa shape index (κ1) is 14.5. The number of nitrogens with zero attached hydrogens (tertiary/aromatic N) is 1. The predicted molar refractivity (Wildman–Crippen MR) is 69.0 cm³/mol. The van der Waals surface area contributed by atoms with E-state index < -0.39 is 0 Å². The molecule has 0 aromatic heterocycles. The van der Waals surface area contributed by atoms with E-state index in [9.17, 15) is 4.79 Å². The number of piperidine rings is 1. The molecule has 4 nitrogen and oxygen atoms in total. The van der Waals surface area contributed by atoms with Gasteiger partial charge in [0.2, 0.25) is 5.91 Å². The number of carbonyl (C=O) groups is 1. The highest BCUT2D eigenvalue weighted by atomic mass is 16.5. The van der Waals surface area contributed by atoms with Crippen molar-refractivity contribution in [2.45, 2.75) is 33.1 Å². The maximum absolute atomic E-state index is 11.2. The zero-order chi connectivity index (χ0) is 12.5. The SMILES string of the molecule is CCOCC(=O)NCCCN1CCC(C)CC1. The summed E-state index contributed by atoms with van der Waals surface area (Å²) in [6.07, 6.45) is 3.67. The monoisotopic (exact) mass is 242 g/mol. The Labute approximate surface area is 105 Å². The third-order valence-corrected chi connectivity index (χ3v) is 3.29. The number of rotatable bonds is 7. The molecule has 0 aromatic carbocycles. The molecular formula is C13H26N2O2. The third kappa shape index (κ3) is 6.64. The highest BCUT2D eigenvalue weighted by molar-refractivity contribution is 5.77. The van der Waals surface area contributed by atoms with E-state index >= 15 is 0 Å². The van der Waals surface area contributed by atoms with Gasteiger partial charge in [0.15, 0.2) is 0 Å². The Morgan fingerprint density at radius 2 is 2.12 bits per heavy atom.